The first kappa shape index (κ1) is 31.2. The van der Waals surface area contributed by atoms with Gasteiger partial charge in [-0.2, -0.15) is 0 Å². The number of fused-ring (bicyclic) bond motifs is 8. The van der Waals surface area contributed by atoms with E-state index >= 15 is 0 Å². The van der Waals surface area contributed by atoms with Gasteiger partial charge in [-0.1, -0.05) is 152 Å². The van der Waals surface area contributed by atoms with E-state index in [1.54, 1.807) is 6.07 Å². The third kappa shape index (κ3) is 5.24. The molecular weight excluding hydrogens is 641 g/mol. The number of aromatic carboxylic acids is 2. The standard InChI is InChI=1S/C33H22.C15H10O4/c1-3-11-28-22(7-1)9-5-13-30(28)24-15-17-32-26(19-24)21-27-20-25(16-18-33(27)32)31-14-6-10-23-8-2-4-12-29(23)31;16-14(17)11-6-5-10-9-4-2-1-3-8(9)7-12(10)13(11)15(18)19/h1-20H,21H2;1-6H,7H2,(H,16,17)(H,18,19). The highest BCUT2D eigenvalue weighted by atomic mass is 16.4. The zero-order chi connectivity index (χ0) is 35.3. The van der Waals surface area contributed by atoms with Crippen molar-refractivity contribution in [1.29, 1.82) is 0 Å². The van der Waals surface area contributed by atoms with Crippen molar-refractivity contribution in [2.24, 2.45) is 0 Å². The SMILES string of the molecule is O=C(O)c1ccc2c(c1C(=O)O)Cc1ccccc1-2.c1ccc2c(-c3ccc4c(c3)Cc3cc(-c5cccc6ccccc56)ccc3-4)cccc2c1. The van der Waals surface area contributed by atoms with Crippen LogP contribution in [0, 0.1) is 0 Å². The van der Waals surface area contributed by atoms with Crippen molar-refractivity contribution in [2.75, 3.05) is 0 Å². The van der Waals surface area contributed by atoms with Crippen molar-refractivity contribution < 1.29 is 19.8 Å². The van der Waals surface area contributed by atoms with Crippen LogP contribution in [-0.4, -0.2) is 22.2 Å². The van der Waals surface area contributed by atoms with E-state index < -0.39 is 11.9 Å². The molecule has 0 radical (unpaired) electrons. The molecule has 10 rings (SSSR count). The van der Waals surface area contributed by atoms with Crippen LogP contribution < -0.4 is 0 Å². The minimum absolute atomic E-state index is 0.0961. The molecule has 0 spiro atoms. The van der Waals surface area contributed by atoms with Crippen LogP contribution >= 0.6 is 0 Å². The molecule has 0 unspecified atom stereocenters. The highest BCUT2D eigenvalue weighted by Crippen LogP contribution is 2.42. The van der Waals surface area contributed by atoms with Gasteiger partial charge in [0, 0.05) is 0 Å². The molecule has 8 aromatic carbocycles. The maximum atomic E-state index is 11.4. The summed E-state index contributed by atoms with van der Waals surface area (Å²) in [5, 5.41) is 23.6. The largest absolute Gasteiger partial charge is 0.478 e. The highest BCUT2D eigenvalue weighted by molar-refractivity contribution is 6.05. The second-order valence-electron chi connectivity index (χ2n) is 13.4. The molecule has 2 aliphatic carbocycles. The van der Waals surface area contributed by atoms with Gasteiger partial charge in [0.15, 0.2) is 0 Å². The van der Waals surface area contributed by atoms with Crippen LogP contribution in [0.15, 0.2) is 158 Å². The Kier molecular flexibility index (Phi) is 7.52. The molecule has 4 heteroatoms. The molecule has 4 nitrogen and oxygen atoms in total. The van der Waals surface area contributed by atoms with Crippen molar-refractivity contribution in [3.63, 3.8) is 0 Å². The minimum atomic E-state index is -1.21. The number of carboxylic acid groups (broad SMARTS) is 2. The summed E-state index contributed by atoms with van der Waals surface area (Å²) in [6, 6.07) is 55.2. The Hall–Kier alpha value is -6.78. The number of carboxylic acids is 2. The van der Waals surface area contributed by atoms with Crippen LogP contribution in [0.4, 0.5) is 0 Å². The third-order valence-corrected chi connectivity index (χ3v) is 10.5. The van der Waals surface area contributed by atoms with Crippen LogP contribution in [0.1, 0.15) is 43.0 Å². The molecule has 0 amide bonds. The summed E-state index contributed by atoms with van der Waals surface area (Å²) in [5.41, 5.74) is 14.0. The van der Waals surface area contributed by atoms with Crippen molar-refractivity contribution in [3.05, 3.63) is 191 Å². The molecule has 0 atom stereocenters. The van der Waals surface area contributed by atoms with Crippen LogP contribution in [0.5, 0.6) is 0 Å². The first-order valence-electron chi connectivity index (χ1n) is 17.4. The highest BCUT2D eigenvalue weighted by Gasteiger charge is 2.28. The first-order chi connectivity index (χ1) is 25.4. The number of hydrogen-bond donors (Lipinski definition) is 2. The van der Waals surface area contributed by atoms with Crippen LogP contribution in [0.3, 0.4) is 0 Å². The summed E-state index contributed by atoms with van der Waals surface area (Å²) in [6.45, 7) is 0. The van der Waals surface area contributed by atoms with Crippen molar-refractivity contribution in [3.8, 4) is 44.5 Å². The molecular formula is C48H32O4. The van der Waals surface area contributed by atoms with Crippen LogP contribution in [-0.2, 0) is 12.8 Å². The predicted molar refractivity (Wildman–Crippen MR) is 209 cm³/mol. The molecule has 0 saturated heterocycles. The van der Waals surface area contributed by atoms with E-state index in [2.05, 4.69) is 121 Å². The summed E-state index contributed by atoms with van der Waals surface area (Å²) in [4.78, 5) is 22.5. The Balaban J connectivity index is 0.000000161. The molecule has 0 aromatic heterocycles. The molecule has 248 valence electrons. The number of hydrogen-bond acceptors (Lipinski definition) is 2. The van der Waals surface area contributed by atoms with E-state index in [0.29, 0.717) is 12.0 Å². The topological polar surface area (TPSA) is 74.6 Å². The van der Waals surface area contributed by atoms with Crippen LogP contribution in [0.2, 0.25) is 0 Å². The van der Waals surface area contributed by atoms with Gasteiger partial charge in [0.05, 0.1) is 11.1 Å². The fourth-order valence-electron chi connectivity index (χ4n) is 8.13. The molecule has 0 heterocycles. The van der Waals surface area contributed by atoms with Gasteiger partial charge in [0.25, 0.3) is 0 Å². The maximum absolute atomic E-state index is 11.4. The van der Waals surface area contributed by atoms with Gasteiger partial charge in [-0.15, -0.1) is 0 Å². The van der Waals surface area contributed by atoms with E-state index in [9.17, 15) is 14.7 Å². The lowest BCUT2D eigenvalue weighted by Crippen LogP contribution is -2.11. The lowest BCUT2D eigenvalue weighted by Gasteiger charge is -2.10. The fraction of sp³-hybridized carbons (Fsp3) is 0.0417. The van der Waals surface area contributed by atoms with E-state index in [1.807, 2.05) is 24.3 Å². The van der Waals surface area contributed by atoms with Gasteiger partial charge >= 0.3 is 11.9 Å². The average molecular weight is 673 g/mol. The Morgan fingerprint density at radius 1 is 0.404 bits per heavy atom. The summed E-state index contributed by atoms with van der Waals surface area (Å²) < 4.78 is 0. The smallest absolute Gasteiger partial charge is 0.336 e. The Labute approximate surface area is 300 Å². The Morgan fingerprint density at radius 3 is 1.46 bits per heavy atom. The maximum Gasteiger partial charge on any atom is 0.336 e. The zero-order valence-corrected chi connectivity index (χ0v) is 28.1. The van der Waals surface area contributed by atoms with Gasteiger partial charge in [0.2, 0.25) is 0 Å². The van der Waals surface area contributed by atoms with E-state index in [1.165, 1.54) is 72.1 Å². The molecule has 2 aliphatic rings. The normalized spacial score (nSPS) is 12.0. The van der Waals surface area contributed by atoms with E-state index in [-0.39, 0.29) is 11.1 Å². The van der Waals surface area contributed by atoms with Crippen molar-refractivity contribution in [1.82, 2.24) is 0 Å². The monoisotopic (exact) mass is 672 g/mol. The average Bonchev–Trinajstić information content (AvgIpc) is 3.74. The number of benzene rings is 8. The molecule has 0 fully saturated rings. The van der Waals surface area contributed by atoms with Gasteiger partial charge < -0.3 is 10.2 Å². The summed E-state index contributed by atoms with van der Waals surface area (Å²) in [7, 11) is 0. The fourth-order valence-corrected chi connectivity index (χ4v) is 8.13. The third-order valence-electron chi connectivity index (χ3n) is 10.5. The van der Waals surface area contributed by atoms with E-state index in [0.717, 1.165) is 23.1 Å². The second-order valence-corrected chi connectivity index (χ2v) is 13.4. The van der Waals surface area contributed by atoms with Crippen molar-refractivity contribution in [2.45, 2.75) is 12.8 Å². The van der Waals surface area contributed by atoms with Crippen molar-refractivity contribution >= 4 is 33.5 Å². The second kappa shape index (κ2) is 12.5. The minimum Gasteiger partial charge on any atom is -0.478 e. The lowest BCUT2D eigenvalue weighted by atomic mass is 9.94. The number of rotatable bonds is 4. The molecule has 8 aromatic rings. The molecule has 52 heavy (non-hydrogen) atoms. The summed E-state index contributed by atoms with van der Waals surface area (Å²) >= 11 is 0. The molecule has 0 saturated carbocycles. The van der Waals surface area contributed by atoms with E-state index in [4.69, 9.17) is 5.11 Å². The first-order valence-corrected chi connectivity index (χ1v) is 17.4. The lowest BCUT2D eigenvalue weighted by molar-refractivity contribution is 0.0650. The molecule has 0 bridgehead atoms. The van der Waals surface area contributed by atoms with Gasteiger partial charge in [-0.05, 0) is 107 Å². The molecule has 2 N–H and O–H groups in total. The molecule has 0 aliphatic heterocycles. The summed E-state index contributed by atoms with van der Waals surface area (Å²) in [6.07, 6.45) is 1.45. The number of carbonyl (C=O) groups is 2. The Morgan fingerprint density at radius 2 is 0.885 bits per heavy atom. The summed E-state index contributed by atoms with van der Waals surface area (Å²) in [5.74, 6) is -2.40. The zero-order valence-electron chi connectivity index (χ0n) is 28.1. The van der Waals surface area contributed by atoms with Gasteiger partial charge in [-0.25, -0.2) is 9.59 Å². The quantitative estimate of drug-likeness (QED) is 0.195. The predicted octanol–water partition coefficient (Wildman–Crippen LogP) is 11.6. The Bertz CT molecular complexity index is 2620. The van der Waals surface area contributed by atoms with Gasteiger partial charge in [0.1, 0.15) is 0 Å². The van der Waals surface area contributed by atoms with Crippen LogP contribution in [0.25, 0.3) is 66.1 Å². The van der Waals surface area contributed by atoms with Gasteiger partial charge in [-0.3, -0.25) is 0 Å².